The Labute approximate surface area is 221 Å². The highest BCUT2D eigenvalue weighted by atomic mass is 35.5. The third-order valence-electron chi connectivity index (χ3n) is 6.31. The van der Waals surface area contributed by atoms with Gasteiger partial charge in [-0.05, 0) is 61.1 Å². The number of nitrogens with zero attached hydrogens (tertiary/aromatic N) is 3. The van der Waals surface area contributed by atoms with Crippen LogP contribution in [0.3, 0.4) is 0 Å². The van der Waals surface area contributed by atoms with Crippen LogP contribution in [0.25, 0.3) is 10.9 Å². The van der Waals surface area contributed by atoms with Crippen LogP contribution in [-0.2, 0) is 6.42 Å². The zero-order valence-electron chi connectivity index (χ0n) is 20.1. The summed E-state index contributed by atoms with van der Waals surface area (Å²) < 4.78 is 9.85. The van der Waals surface area contributed by atoms with Crippen molar-refractivity contribution in [3.05, 3.63) is 46.5 Å². The molecule has 2 N–H and O–H groups in total. The average Bonchev–Trinajstić information content (AvgIpc) is 3.29. The topological polar surface area (TPSA) is 77.9 Å². The lowest BCUT2D eigenvalue weighted by Gasteiger charge is -2.35. The van der Waals surface area contributed by atoms with E-state index < -0.39 is 0 Å². The van der Waals surface area contributed by atoms with Crippen LogP contribution >= 0.6 is 35.5 Å². The number of phenolic OH excluding ortho intramolecular Hbond substituents is 1. The number of methoxy groups -OCH3 is 1. The number of amides is 1. The molecule has 2 aromatic carbocycles. The molecule has 1 aromatic heterocycles. The van der Waals surface area contributed by atoms with Crippen molar-refractivity contribution < 1.29 is 14.6 Å². The number of benzene rings is 2. The molecule has 4 rings (SSSR count). The standard InChI is InChI=1S/C25H31ClN4O3S.ClH/c1-3-17-16-19(26)23(33-2)21(22(17)31)24(32)27-10-6-7-11-29-12-14-30(15-13-29)25-18-8-4-5-9-20(18)28-34-25;/h4-5,8-9,16,31H,3,6-7,10-15H2,1-2H3,(H,27,32);1H. The number of hydrogen-bond acceptors (Lipinski definition) is 7. The number of piperazine rings is 1. The van der Waals surface area contributed by atoms with E-state index in [0.29, 0.717) is 23.6 Å². The molecule has 1 amide bonds. The Balaban J connectivity index is 0.00000342. The van der Waals surface area contributed by atoms with E-state index in [1.165, 1.54) is 17.5 Å². The molecule has 3 aromatic rings. The number of hydrogen-bond donors (Lipinski definition) is 2. The molecule has 0 aliphatic carbocycles. The second-order valence-electron chi connectivity index (χ2n) is 8.42. The fourth-order valence-corrected chi connectivity index (χ4v) is 5.60. The maximum Gasteiger partial charge on any atom is 0.258 e. The van der Waals surface area contributed by atoms with Crippen molar-refractivity contribution >= 4 is 57.4 Å². The first kappa shape index (κ1) is 27.3. The van der Waals surface area contributed by atoms with Gasteiger partial charge in [0.25, 0.3) is 5.91 Å². The Morgan fingerprint density at radius 3 is 2.69 bits per heavy atom. The minimum Gasteiger partial charge on any atom is -0.507 e. The smallest absolute Gasteiger partial charge is 0.258 e. The number of carbonyl (C=O) groups excluding carboxylic acids is 1. The van der Waals surface area contributed by atoms with Crippen LogP contribution in [0, 0.1) is 0 Å². The summed E-state index contributed by atoms with van der Waals surface area (Å²) in [4.78, 5) is 17.7. The number of aromatic hydroxyl groups is 1. The SMILES string of the molecule is CCc1cc(Cl)c(OC)c(C(=O)NCCCCN2CCN(c3snc4ccccc34)CC2)c1O.Cl. The van der Waals surface area contributed by atoms with E-state index in [-0.39, 0.29) is 35.4 Å². The van der Waals surface area contributed by atoms with E-state index in [1.54, 1.807) is 17.6 Å². The van der Waals surface area contributed by atoms with E-state index in [1.807, 2.05) is 13.0 Å². The van der Waals surface area contributed by atoms with Crippen LogP contribution in [0.1, 0.15) is 35.7 Å². The van der Waals surface area contributed by atoms with Crippen LogP contribution in [0.2, 0.25) is 5.02 Å². The van der Waals surface area contributed by atoms with Gasteiger partial charge in [-0.25, -0.2) is 0 Å². The fourth-order valence-electron chi connectivity index (χ4n) is 4.38. The Morgan fingerprint density at radius 1 is 1.23 bits per heavy atom. The van der Waals surface area contributed by atoms with Crippen molar-refractivity contribution in [3.8, 4) is 11.5 Å². The number of fused-ring (bicyclic) bond motifs is 1. The Morgan fingerprint density at radius 2 is 1.97 bits per heavy atom. The number of anilines is 1. The number of ether oxygens (including phenoxy) is 1. The molecule has 1 aliphatic rings. The molecular weight excluding hydrogens is 507 g/mol. The van der Waals surface area contributed by atoms with E-state index in [2.05, 4.69) is 37.7 Å². The van der Waals surface area contributed by atoms with Crippen molar-refractivity contribution in [1.29, 1.82) is 0 Å². The number of rotatable bonds is 9. The Bertz CT molecular complexity index is 1150. The largest absolute Gasteiger partial charge is 0.507 e. The number of unbranched alkanes of at least 4 members (excludes halogenated alkanes) is 1. The number of aromatic nitrogens is 1. The van der Waals surface area contributed by atoms with Crippen LogP contribution < -0.4 is 15.0 Å². The highest BCUT2D eigenvalue weighted by Gasteiger charge is 2.23. The fraction of sp³-hybridized carbons (Fsp3) is 0.440. The van der Waals surface area contributed by atoms with E-state index in [4.69, 9.17) is 16.3 Å². The summed E-state index contributed by atoms with van der Waals surface area (Å²) in [6, 6.07) is 9.96. The van der Waals surface area contributed by atoms with E-state index in [9.17, 15) is 9.90 Å². The zero-order chi connectivity index (χ0) is 24.1. The van der Waals surface area contributed by atoms with Crippen LogP contribution in [0.4, 0.5) is 5.00 Å². The minimum atomic E-state index is -0.364. The monoisotopic (exact) mass is 538 g/mol. The molecule has 7 nitrogen and oxygen atoms in total. The van der Waals surface area contributed by atoms with Crippen molar-refractivity contribution in [2.75, 3.05) is 51.3 Å². The second kappa shape index (κ2) is 12.6. The van der Waals surface area contributed by atoms with Crippen LogP contribution in [0.5, 0.6) is 11.5 Å². The van der Waals surface area contributed by atoms with Gasteiger partial charge in [-0.2, -0.15) is 4.37 Å². The van der Waals surface area contributed by atoms with Gasteiger partial charge in [0.15, 0.2) is 5.75 Å². The molecule has 1 fully saturated rings. The van der Waals surface area contributed by atoms with Gasteiger partial charge in [-0.15, -0.1) is 12.4 Å². The molecule has 1 saturated heterocycles. The second-order valence-corrected chi connectivity index (χ2v) is 9.58. The van der Waals surface area contributed by atoms with E-state index in [0.717, 1.165) is 51.1 Å². The first-order chi connectivity index (χ1) is 16.5. The molecule has 0 radical (unpaired) electrons. The maximum atomic E-state index is 12.7. The third kappa shape index (κ3) is 6.12. The number of nitrogens with one attached hydrogen (secondary N) is 1. The molecule has 1 aliphatic heterocycles. The predicted molar refractivity (Wildman–Crippen MR) is 146 cm³/mol. The Kier molecular flexibility index (Phi) is 9.86. The van der Waals surface area contributed by atoms with Gasteiger partial charge < -0.3 is 20.1 Å². The van der Waals surface area contributed by atoms with E-state index >= 15 is 0 Å². The molecule has 0 spiro atoms. The third-order valence-corrected chi connectivity index (χ3v) is 7.53. The number of aryl methyl sites for hydroxylation is 1. The lowest BCUT2D eigenvalue weighted by Crippen LogP contribution is -2.46. The first-order valence-corrected chi connectivity index (χ1v) is 12.9. The van der Waals surface area contributed by atoms with Gasteiger partial charge in [0.1, 0.15) is 16.3 Å². The molecule has 0 bridgehead atoms. The lowest BCUT2D eigenvalue weighted by atomic mass is 10.0. The zero-order valence-corrected chi connectivity index (χ0v) is 22.4. The van der Waals surface area contributed by atoms with Gasteiger partial charge in [0.2, 0.25) is 0 Å². The number of phenols is 1. The lowest BCUT2D eigenvalue weighted by molar-refractivity contribution is 0.0946. The molecular formula is C25H32Cl2N4O3S. The minimum absolute atomic E-state index is 0. The molecule has 0 atom stereocenters. The summed E-state index contributed by atoms with van der Waals surface area (Å²) >= 11 is 7.83. The number of carbonyl (C=O) groups is 1. The van der Waals surface area contributed by atoms with Crippen molar-refractivity contribution in [2.45, 2.75) is 26.2 Å². The van der Waals surface area contributed by atoms with Crippen LogP contribution in [-0.4, -0.2) is 66.7 Å². The number of halogens is 2. The van der Waals surface area contributed by atoms with Gasteiger partial charge in [-0.3, -0.25) is 9.69 Å². The van der Waals surface area contributed by atoms with Crippen LogP contribution in [0.15, 0.2) is 30.3 Å². The summed E-state index contributed by atoms with van der Waals surface area (Å²) in [5.41, 5.74) is 1.81. The van der Waals surface area contributed by atoms with Crippen molar-refractivity contribution in [1.82, 2.24) is 14.6 Å². The van der Waals surface area contributed by atoms with Crippen molar-refractivity contribution in [3.63, 3.8) is 0 Å². The van der Waals surface area contributed by atoms with Gasteiger partial charge in [0.05, 0.1) is 17.6 Å². The summed E-state index contributed by atoms with van der Waals surface area (Å²) in [6.45, 7) is 7.46. The summed E-state index contributed by atoms with van der Waals surface area (Å²) in [5.74, 6) is -0.217. The first-order valence-electron chi connectivity index (χ1n) is 11.7. The molecule has 0 unspecified atom stereocenters. The summed E-state index contributed by atoms with van der Waals surface area (Å²) in [7, 11) is 1.44. The van der Waals surface area contributed by atoms with Gasteiger partial charge >= 0.3 is 0 Å². The highest BCUT2D eigenvalue weighted by Crippen LogP contribution is 2.38. The van der Waals surface area contributed by atoms with Gasteiger partial charge in [-0.1, -0.05) is 30.7 Å². The molecule has 190 valence electrons. The Hall–Kier alpha value is -2.26. The molecule has 0 saturated carbocycles. The van der Waals surface area contributed by atoms with Gasteiger partial charge in [0, 0.05) is 38.1 Å². The maximum absolute atomic E-state index is 12.7. The van der Waals surface area contributed by atoms with Crippen molar-refractivity contribution in [2.24, 2.45) is 0 Å². The normalized spacial score (nSPS) is 14.1. The summed E-state index contributed by atoms with van der Waals surface area (Å²) in [5, 5.41) is 16.2. The molecule has 10 heteroatoms. The highest BCUT2D eigenvalue weighted by molar-refractivity contribution is 7.11. The average molecular weight is 540 g/mol. The summed E-state index contributed by atoms with van der Waals surface area (Å²) in [6.07, 6.45) is 2.42. The quantitative estimate of drug-likeness (QED) is 0.374. The molecule has 2 heterocycles. The molecule has 35 heavy (non-hydrogen) atoms. The predicted octanol–water partition coefficient (Wildman–Crippen LogP) is 4.98.